The predicted molar refractivity (Wildman–Crippen MR) is 110 cm³/mol. The number of allylic oxidation sites excluding steroid dienone is 2. The summed E-state index contributed by atoms with van der Waals surface area (Å²) < 4.78 is 41.5. The van der Waals surface area contributed by atoms with Gasteiger partial charge in [-0.05, 0) is 47.9 Å². The summed E-state index contributed by atoms with van der Waals surface area (Å²) in [5.74, 6) is -3.11. The number of ketones is 1. The average molecular weight is 426 g/mol. The lowest BCUT2D eigenvalue weighted by atomic mass is 9.57. The van der Waals surface area contributed by atoms with E-state index in [2.05, 4.69) is 24.0 Å². The van der Waals surface area contributed by atoms with Gasteiger partial charge in [-0.25, -0.2) is 13.2 Å². The van der Waals surface area contributed by atoms with Crippen LogP contribution in [0.25, 0.3) is 0 Å². The van der Waals surface area contributed by atoms with E-state index in [-0.39, 0.29) is 35.8 Å². The van der Waals surface area contributed by atoms with E-state index < -0.39 is 11.3 Å². The number of aromatic nitrogens is 2. The van der Waals surface area contributed by atoms with Crippen molar-refractivity contribution in [2.75, 3.05) is 0 Å². The highest BCUT2D eigenvalue weighted by Gasteiger charge is 2.56. The molecule has 6 heteroatoms. The zero-order chi connectivity index (χ0) is 21.8. The van der Waals surface area contributed by atoms with Crippen LogP contribution < -0.4 is 0 Å². The molecule has 0 amide bonds. The number of hydrogen-bond donors (Lipinski definition) is 1. The van der Waals surface area contributed by atoms with Crippen molar-refractivity contribution in [1.82, 2.24) is 10.2 Å². The number of halogens is 3. The number of carbonyl (C=O) groups excluding carboxylic acids is 1. The van der Waals surface area contributed by atoms with Crippen LogP contribution in [0.4, 0.5) is 13.2 Å². The Hall–Kier alpha value is -2.37. The van der Waals surface area contributed by atoms with E-state index in [0.29, 0.717) is 31.4 Å². The number of nitrogens with zero attached hydrogens (tertiary/aromatic N) is 1. The van der Waals surface area contributed by atoms with Crippen LogP contribution in [0.1, 0.15) is 79.9 Å². The highest BCUT2D eigenvalue weighted by atomic mass is 19.3. The first kappa shape index (κ1) is 19.3. The van der Waals surface area contributed by atoms with Crippen LogP contribution in [-0.2, 0) is 23.1 Å². The maximum Gasteiger partial charge on any atom is 0.249 e. The number of Topliss-reactive ketones (excluding diaryl/α,β-unsaturated/α-hetero) is 1. The second-order valence-electron chi connectivity index (χ2n) is 10.7. The first-order chi connectivity index (χ1) is 14.6. The van der Waals surface area contributed by atoms with Gasteiger partial charge >= 0.3 is 0 Å². The monoisotopic (exact) mass is 426 g/mol. The molecule has 0 bridgehead atoms. The molecule has 1 aromatic heterocycles. The largest absolute Gasteiger partial charge is 0.294 e. The van der Waals surface area contributed by atoms with Crippen LogP contribution in [-0.4, -0.2) is 21.9 Å². The van der Waals surface area contributed by atoms with E-state index in [1.807, 2.05) is 0 Å². The van der Waals surface area contributed by atoms with Crippen molar-refractivity contribution in [3.05, 3.63) is 63.2 Å². The van der Waals surface area contributed by atoms with Crippen molar-refractivity contribution < 1.29 is 18.0 Å². The normalized spacial score (nSPS) is 28.4. The summed E-state index contributed by atoms with van der Waals surface area (Å²) in [6.45, 7) is 4.23. The fourth-order valence-electron chi connectivity index (χ4n) is 6.79. The summed E-state index contributed by atoms with van der Waals surface area (Å²) in [4.78, 5) is 13.6. The number of carbonyl (C=O) groups is 1. The smallest absolute Gasteiger partial charge is 0.249 e. The summed E-state index contributed by atoms with van der Waals surface area (Å²) in [6, 6.07) is 4.82. The topological polar surface area (TPSA) is 45.8 Å². The number of alkyl halides is 2. The van der Waals surface area contributed by atoms with Gasteiger partial charge in [0.15, 0.2) is 5.78 Å². The molecule has 1 aromatic carbocycles. The Bertz CT molecular complexity index is 1170. The highest BCUT2D eigenvalue weighted by molar-refractivity contribution is 6.02. The van der Waals surface area contributed by atoms with Gasteiger partial charge in [0.1, 0.15) is 5.82 Å². The molecule has 0 saturated heterocycles. The molecule has 1 atom stereocenters. The summed E-state index contributed by atoms with van der Waals surface area (Å²) in [5, 5.41) is 7.70. The number of hydrogen-bond acceptors (Lipinski definition) is 2. The number of nitrogens with one attached hydrogen (secondary N) is 1. The predicted octanol–water partition coefficient (Wildman–Crippen LogP) is 5.54. The van der Waals surface area contributed by atoms with E-state index in [1.54, 1.807) is 12.1 Å². The first-order valence-electron chi connectivity index (χ1n) is 11.1. The molecule has 3 nitrogen and oxygen atoms in total. The van der Waals surface area contributed by atoms with Gasteiger partial charge in [0.05, 0.1) is 11.1 Å². The first-order valence-corrected chi connectivity index (χ1v) is 11.1. The summed E-state index contributed by atoms with van der Waals surface area (Å²) in [5.41, 5.74) is 5.54. The Labute approximate surface area is 179 Å². The minimum Gasteiger partial charge on any atom is -0.294 e. The zero-order valence-electron chi connectivity index (χ0n) is 17.7. The van der Waals surface area contributed by atoms with Gasteiger partial charge in [-0.3, -0.25) is 9.89 Å². The Kier molecular flexibility index (Phi) is 3.68. The SMILES string of the molecule is CC1(C)CC(=O)C2=C(Cc3[nH]nc(C4CC(F)(F)C4)c3[C@]23CCc2cc(F)ccc23)C1. The Morgan fingerprint density at radius 1 is 1.16 bits per heavy atom. The Balaban J connectivity index is 1.61. The van der Waals surface area contributed by atoms with Crippen LogP contribution in [0.2, 0.25) is 0 Å². The van der Waals surface area contributed by atoms with E-state index in [0.717, 1.165) is 40.0 Å². The van der Waals surface area contributed by atoms with Gasteiger partial charge in [0.25, 0.3) is 0 Å². The van der Waals surface area contributed by atoms with E-state index in [1.165, 1.54) is 6.07 Å². The van der Waals surface area contributed by atoms with Crippen LogP contribution in [0, 0.1) is 11.2 Å². The second-order valence-corrected chi connectivity index (χ2v) is 10.7. The minimum atomic E-state index is -2.65. The lowest BCUT2D eigenvalue weighted by Gasteiger charge is -2.45. The maximum atomic E-state index is 14.0. The molecule has 162 valence electrons. The molecule has 2 aromatic rings. The van der Waals surface area contributed by atoms with Crippen molar-refractivity contribution in [3.63, 3.8) is 0 Å². The van der Waals surface area contributed by atoms with Gasteiger partial charge < -0.3 is 0 Å². The van der Waals surface area contributed by atoms with E-state index >= 15 is 0 Å². The highest BCUT2D eigenvalue weighted by Crippen LogP contribution is 2.60. The lowest BCUT2D eigenvalue weighted by Crippen LogP contribution is -2.43. The molecule has 0 aliphatic heterocycles. The van der Waals surface area contributed by atoms with E-state index in [4.69, 9.17) is 0 Å². The third kappa shape index (κ3) is 2.60. The quantitative estimate of drug-likeness (QED) is 0.651. The molecule has 31 heavy (non-hydrogen) atoms. The zero-order valence-corrected chi connectivity index (χ0v) is 17.7. The molecule has 4 aliphatic rings. The third-order valence-electron chi connectivity index (χ3n) is 7.85. The molecular weight excluding hydrogens is 401 g/mol. The molecular formula is C25H25F3N2O. The van der Waals surface area contributed by atoms with Gasteiger partial charge in [-0.1, -0.05) is 25.5 Å². The summed E-state index contributed by atoms with van der Waals surface area (Å²) in [6.07, 6.45) is 2.79. The molecule has 0 unspecified atom stereocenters. The van der Waals surface area contributed by atoms with Crippen LogP contribution in [0.5, 0.6) is 0 Å². The molecule has 1 fully saturated rings. The Morgan fingerprint density at radius 2 is 1.94 bits per heavy atom. The second kappa shape index (κ2) is 5.90. The lowest BCUT2D eigenvalue weighted by molar-refractivity contribution is -0.118. The number of fused-ring (bicyclic) bond motifs is 5. The van der Waals surface area contributed by atoms with Crippen LogP contribution >= 0.6 is 0 Å². The fourth-order valence-corrected chi connectivity index (χ4v) is 6.79. The van der Waals surface area contributed by atoms with Crippen molar-refractivity contribution in [1.29, 1.82) is 0 Å². The molecule has 1 saturated carbocycles. The Morgan fingerprint density at radius 3 is 2.68 bits per heavy atom. The average Bonchev–Trinajstić information content (AvgIpc) is 3.21. The molecule has 0 radical (unpaired) electrons. The molecule has 6 rings (SSSR count). The molecule has 1 spiro atoms. The molecule has 1 heterocycles. The number of aromatic amines is 1. The van der Waals surface area contributed by atoms with Gasteiger partial charge in [0.2, 0.25) is 5.92 Å². The van der Waals surface area contributed by atoms with E-state index in [9.17, 15) is 18.0 Å². The minimum absolute atomic E-state index is 0.113. The van der Waals surface area contributed by atoms with Crippen molar-refractivity contribution in [2.24, 2.45) is 5.41 Å². The standard InChI is InChI=1S/C25H25F3N2O/c1-23(2)9-14-8-18-21(22(30-29-18)15-10-24(27,28)11-15)25(20(14)19(31)12-23)6-5-13-7-16(26)3-4-17(13)25/h3-4,7,15H,5-6,8-12H2,1-2H3,(H,29,30)/t25-/m0/s1. The fraction of sp³-hybridized carbons (Fsp3) is 0.520. The number of rotatable bonds is 1. The van der Waals surface area contributed by atoms with Crippen molar-refractivity contribution >= 4 is 5.78 Å². The van der Waals surface area contributed by atoms with Gasteiger partial charge in [-0.15, -0.1) is 0 Å². The third-order valence-corrected chi connectivity index (χ3v) is 7.85. The van der Waals surface area contributed by atoms with Crippen molar-refractivity contribution in [2.45, 2.75) is 76.0 Å². The van der Waals surface area contributed by atoms with Gasteiger partial charge in [-0.2, -0.15) is 5.10 Å². The van der Waals surface area contributed by atoms with Gasteiger partial charge in [0, 0.05) is 48.4 Å². The summed E-state index contributed by atoms with van der Waals surface area (Å²) >= 11 is 0. The molecule has 1 N–H and O–H groups in total. The number of aryl methyl sites for hydroxylation is 1. The number of H-pyrrole nitrogens is 1. The molecule has 4 aliphatic carbocycles. The number of benzene rings is 1. The summed E-state index contributed by atoms with van der Waals surface area (Å²) in [7, 11) is 0. The van der Waals surface area contributed by atoms with Crippen molar-refractivity contribution in [3.8, 4) is 0 Å². The van der Waals surface area contributed by atoms with Crippen LogP contribution in [0.3, 0.4) is 0 Å². The maximum absolute atomic E-state index is 14.0. The van der Waals surface area contributed by atoms with Crippen LogP contribution in [0.15, 0.2) is 29.3 Å².